The maximum absolute atomic E-state index is 12.8. The van der Waals surface area contributed by atoms with Crippen LogP contribution in [0.3, 0.4) is 0 Å². The summed E-state index contributed by atoms with van der Waals surface area (Å²) in [4.78, 5) is 14.6. The molecule has 23 heavy (non-hydrogen) atoms. The first-order valence-electron chi connectivity index (χ1n) is 7.61. The summed E-state index contributed by atoms with van der Waals surface area (Å²) in [6, 6.07) is 5.30. The van der Waals surface area contributed by atoms with Gasteiger partial charge >= 0.3 is 0 Å². The summed E-state index contributed by atoms with van der Waals surface area (Å²) in [5, 5.41) is 1.05. The van der Waals surface area contributed by atoms with Gasteiger partial charge in [0.05, 0.1) is 12.5 Å². The second-order valence-corrected chi connectivity index (χ2v) is 6.50. The Hall–Kier alpha value is -1.51. The normalized spacial score (nSPS) is 18.6. The molecule has 4 heteroatoms. The lowest BCUT2D eigenvalue weighted by Crippen LogP contribution is -2.36. The van der Waals surface area contributed by atoms with Crippen molar-refractivity contribution in [3.8, 4) is 0 Å². The molecule has 2 rings (SSSR count). The number of benzene rings is 1. The van der Waals surface area contributed by atoms with Crippen LogP contribution >= 0.6 is 23.2 Å². The molecule has 0 aromatic heterocycles. The van der Waals surface area contributed by atoms with Crippen LogP contribution in [0.15, 0.2) is 53.6 Å². The quantitative estimate of drug-likeness (QED) is 0.729. The van der Waals surface area contributed by atoms with E-state index >= 15 is 0 Å². The summed E-state index contributed by atoms with van der Waals surface area (Å²) < 4.78 is 0. The van der Waals surface area contributed by atoms with Gasteiger partial charge in [0.1, 0.15) is 0 Å². The predicted octanol–water partition coefficient (Wildman–Crippen LogP) is 5.22. The van der Waals surface area contributed by atoms with Crippen LogP contribution < -0.4 is 0 Å². The third kappa shape index (κ3) is 3.54. The topological polar surface area (TPSA) is 20.3 Å². The second kappa shape index (κ2) is 7.37. The van der Waals surface area contributed by atoms with E-state index in [1.54, 1.807) is 18.2 Å². The van der Waals surface area contributed by atoms with E-state index in [1.165, 1.54) is 11.1 Å². The van der Waals surface area contributed by atoms with E-state index < -0.39 is 0 Å². The molecule has 0 N–H and O–H groups in total. The molecule has 1 aromatic rings. The maximum atomic E-state index is 12.8. The molecule has 2 nitrogen and oxygen atoms in total. The van der Waals surface area contributed by atoms with Gasteiger partial charge in [-0.3, -0.25) is 4.79 Å². The van der Waals surface area contributed by atoms with Crippen LogP contribution in [0.1, 0.15) is 26.3 Å². The highest BCUT2D eigenvalue weighted by Gasteiger charge is 2.32. The van der Waals surface area contributed by atoms with Gasteiger partial charge in [-0.1, -0.05) is 53.6 Å². The molecule has 1 atom stereocenters. The molecule has 0 radical (unpaired) electrons. The molecular weight excluding hydrogens is 329 g/mol. The molecule has 1 aliphatic rings. The minimum atomic E-state index is 0.00571. The fourth-order valence-corrected chi connectivity index (χ4v) is 3.43. The van der Waals surface area contributed by atoms with Crippen molar-refractivity contribution in [3.05, 3.63) is 69.3 Å². The van der Waals surface area contributed by atoms with Gasteiger partial charge in [0.2, 0.25) is 5.91 Å². The fourth-order valence-electron chi connectivity index (χ4n) is 2.90. The van der Waals surface area contributed by atoms with Gasteiger partial charge in [-0.15, -0.1) is 0 Å². The number of nitrogens with zero attached hydrogens (tertiary/aromatic N) is 1. The third-order valence-electron chi connectivity index (χ3n) is 4.43. The number of rotatable bonds is 4. The highest BCUT2D eigenvalue weighted by atomic mass is 35.5. The number of allylic oxidation sites excluding steroid dienone is 1. The molecule has 0 fully saturated rings. The first-order valence-corrected chi connectivity index (χ1v) is 8.37. The number of halogens is 2. The van der Waals surface area contributed by atoms with Crippen LogP contribution in [0.5, 0.6) is 0 Å². The van der Waals surface area contributed by atoms with E-state index in [1.807, 2.05) is 24.8 Å². The number of carbonyl (C=O) groups is 1. The van der Waals surface area contributed by atoms with E-state index in [-0.39, 0.29) is 18.4 Å². The Morgan fingerprint density at radius 3 is 2.52 bits per heavy atom. The maximum Gasteiger partial charge on any atom is 0.227 e. The Kier molecular flexibility index (Phi) is 5.72. The summed E-state index contributed by atoms with van der Waals surface area (Å²) in [6.07, 6.45) is 4.11. The van der Waals surface area contributed by atoms with Gasteiger partial charge in [0.25, 0.3) is 0 Å². The molecule has 0 saturated carbocycles. The molecule has 1 aromatic carbocycles. The lowest BCUT2D eigenvalue weighted by molar-refractivity contribution is -0.130. The van der Waals surface area contributed by atoms with Crippen LogP contribution in [-0.2, 0) is 11.2 Å². The molecule has 1 unspecified atom stereocenters. The Bertz CT molecular complexity index is 683. The molecule has 0 bridgehead atoms. The zero-order valence-corrected chi connectivity index (χ0v) is 15.2. The van der Waals surface area contributed by atoms with E-state index in [4.69, 9.17) is 23.2 Å². The average molecular weight is 350 g/mol. The number of hydrogen-bond donors (Lipinski definition) is 0. The van der Waals surface area contributed by atoms with Crippen LogP contribution in [0.4, 0.5) is 0 Å². The summed E-state index contributed by atoms with van der Waals surface area (Å²) in [5.74, 6) is 0.0192. The van der Waals surface area contributed by atoms with Crippen LogP contribution in [-0.4, -0.2) is 23.4 Å². The van der Waals surface area contributed by atoms with Gasteiger partial charge < -0.3 is 4.90 Å². The Balaban J connectivity index is 2.24. The standard InChI is InChI=1S/C19H21Cl2NO/c1-5-12(3)16-11-22(13(4)14(16)6-2)19(23)10-15-17(20)8-7-9-18(15)21/h5-9,13H,2,10-11H2,1,3-4H3/b12-5-. The van der Waals surface area contributed by atoms with Gasteiger partial charge in [-0.2, -0.15) is 0 Å². The fraction of sp³-hybridized carbons (Fsp3) is 0.316. The first kappa shape index (κ1) is 17.8. The largest absolute Gasteiger partial charge is 0.331 e. The molecule has 0 aliphatic carbocycles. The first-order chi connectivity index (χ1) is 10.9. The average Bonchev–Trinajstić information content (AvgIpc) is 2.86. The number of amides is 1. The molecule has 0 spiro atoms. The number of hydrogen-bond acceptors (Lipinski definition) is 1. The van der Waals surface area contributed by atoms with Gasteiger partial charge in [0, 0.05) is 16.6 Å². The summed E-state index contributed by atoms with van der Waals surface area (Å²) in [5.41, 5.74) is 4.15. The second-order valence-electron chi connectivity index (χ2n) is 5.68. The highest BCUT2D eigenvalue weighted by molar-refractivity contribution is 6.36. The van der Waals surface area contributed by atoms with Gasteiger partial charge in [0.15, 0.2) is 0 Å². The monoisotopic (exact) mass is 349 g/mol. The van der Waals surface area contributed by atoms with Crippen molar-refractivity contribution in [1.82, 2.24) is 4.90 Å². The van der Waals surface area contributed by atoms with Crippen LogP contribution in [0, 0.1) is 0 Å². The highest BCUT2D eigenvalue weighted by Crippen LogP contribution is 2.32. The van der Waals surface area contributed by atoms with Crippen molar-refractivity contribution in [2.24, 2.45) is 0 Å². The Morgan fingerprint density at radius 2 is 2.00 bits per heavy atom. The molecule has 1 heterocycles. The molecular formula is C19H21Cl2NO. The predicted molar refractivity (Wildman–Crippen MR) is 98.0 cm³/mol. The van der Waals surface area contributed by atoms with Crippen molar-refractivity contribution in [3.63, 3.8) is 0 Å². The van der Waals surface area contributed by atoms with E-state index in [2.05, 4.69) is 19.6 Å². The number of carbonyl (C=O) groups excluding carboxylic acids is 1. The van der Waals surface area contributed by atoms with Crippen molar-refractivity contribution in [2.45, 2.75) is 33.2 Å². The van der Waals surface area contributed by atoms with Crippen molar-refractivity contribution < 1.29 is 4.79 Å². The summed E-state index contributed by atoms with van der Waals surface area (Å²) in [7, 11) is 0. The minimum Gasteiger partial charge on any atom is -0.331 e. The van der Waals surface area contributed by atoms with E-state index in [0.717, 1.165) is 5.57 Å². The van der Waals surface area contributed by atoms with Crippen molar-refractivity contribution >= 4 is 29.1 Å². The van der Waals surface area contributed by atoms with Crippen molar-refractivity contribution in [1.29, 1.82) is 0 Å². The lowest BCUT2D eigenvalue weighted by atomic mass is 10.0. The molecule has 122 valence electrons. The molecule has 1 amide bonds. The van der Waals surface area contributed by atoms with Crippen LogP contribution in [0.2, 0.25) is 10.0 Å². The summed E-state index contributed by atoms with van der Waals surface area (Å²) >= 11 is 12.4. The zero-order chi connectivity index (χ0) is 17.1. The smallest absolute Gasteiger partial charge is 0.227 e. The SMILES string of the molecule is C=CC1=C(/C(C)=C\C)CN(C(=O)Cc2c(Cl)cccc2Cl)C1C. The van der Waals surface area contributed by atoms with Gasteiger partial charge in [-0.05, 0) is 49.6 Å². The molecule has 1 aliphatic heterocycles. The Labute approximate surface area is 148 Å². The minimum absolute atomic E-state index is 0.00571. The van der Waals surface area contributed by atoms with E-state index in [0.29, 0.717) is 22.2 Å². The van der Waals surface area contributed by atoms with E-state index in [9.17, 15) is 4.79 Å². The lowest BCUT2D eigenvalue weighted by Gasteiger charge is -2.23. The van der Waals surface area contributed by atoms with Gasteiger partial charge in [-0.25, -0.2) is 0 Å². The molecule has 0 saturated heterocycles. The van der Waals surface area contributed by atoms with Crippen LogP contribution in [0.25, 0.3) is 0 Å². The zero-order valence-electron chi connectivity index (χ0n) is 13.7. The third-order valence-corrected chi connectivity index (χ3v) is 5.14. The van der Waals surface area contributed by atoms with Crippen molar-refractivity contribution in [2.75, 3.05) is 6.54 Å². The summed E-state index contributed by atoms with van der Waals surface area (Å²) in [6.45, 7) is 10.6. The Morgan fingerprint density at radius 1 is 1.39 bits per heavy atom.